The molecule has 0 bridgehead atoms. The number of nitrogens with one attached hydrogen (secondary N) is 1. The highest BCUT2D eigenvalue weighted by Crippen LogP contribution is 2.25. The second-order valence-electron chi connectivity index (χ2n) is 6.33. The topological polar surface area (TPSA) is 73.5 Å². The number of aromatic amines is 1. The Morgan fingerprint density at radius 3 is 2.32 bits per heavy atom. The third-order valence-corrected chi connectivity index (χ3v) is 4.70. The monoisotopic (exact) mass is 341 g/mol. The quantitative estimate of drug-likeness (QED) is 0.865. The van der Waals surface area contributed by atoms with Crippen LogP contribution in [-0.4, -0.2) is 51.6 Å². The van der Waals surface area contributed by atoms with Crippen molar-refractivity contribution in [2.24, 2.45) is 0 Å². The lowest BCUT2D eigenvalue weighted by molar-refractivity contribution is -0.144. The largest absolute Gasteiger partial charge is 0.357 e. The molecule has 0 unspecified atom stereocenters. The van der Waals surface area contributed by atoms with Crippen LogP contribution >= 0.6 is 0 Å². The lowest BCUT2D eigenvalue weighted by Gasteiger charge is -2.42. The van der Waals surface area contributed by atoms with Gasteiger partial charge in [0.15, 0.2) is 0 Å². The van der Waals surface area contributed by atoms with Gasteiger partial charge in [0.2, 0.25) is 11.8 Å². The van der Waals surface area contributed by atoms with E-state index in [0.717, 1.165) is 11.1 Å². The summed E-state index contributed by atoms with van der Waals surface area (Å²) >= 11 is 0. The minimum Gasteiger partial charge on any atom is -0.357 e. The second-order valence-corrected chi connectivity index (χ2v) is 6.33. The summed E-state index contributed by atoms with van der Waals surface area (Å²) < 4.78 is 13.0. The predicted octanol–water partition coefficient (Wildman–Crippen LogP) is 1.79. The van der Waals surface area contributed by atoms with Crippen molar-refractivity contribution in [2.45, 2.75) is 18.9 Å². The number of hydrogen-bond acceptors (Lipinski definition) is 3. The number of rotatable bonds is 3. The molecule has 1 aromatic carbocycles. The molecular weight excluding hydrogens is 325 g/mol. The zero-order valence-electron chi connectivity index (χ0n) is 13.4. The van der Waals surface area contributed by atoms with Gasteiger partial charge in [-0.15, -0.1) is 0 Å². The Balaban J connectivity index is 1.42. The summed E-state index contributed by atoms with van der Waals surface area (Å²) in [6.07, 6.45) is 2.23. The Morgan fingerprint density at radius 1 is 1.04 bits per heavy atom. The van der Waals surface area contributed by atoms with Crippen molar-refractivity contribution in [3.05, 3.63) is 48.0 Å². The number of carbonyl (C=O) groups is 3. The van der Waals surface area contributed by atoms with Crippen molar-refractivity contribution >= 4 is 17.7 Å². The third-order valence-electron chi connectivity index (χ3n) is 4.70. The molecule has 128 valence electrons. The van der Waals surface area contributed by atoms with Crippen LogP contribution in [-0.2, 0) is 9.59 Å². The molecule has 0 radical (unpaired) electrons. The number of H-pyrrole nitrogens is 1. The van der Waals surface area contributed by atoms with Gasteiger partial charge < -0.3 is 9.88 Å². The van der Waals surface area contributed by atoms with Gasteiger partial charge in [0.25, 0.3) is 5.91 Å². The first-order valence-corrected chi connectivity index (χ1v) is 8.11. The predicted molar refractivity (Wildman–Crippen MR) is 87.0 cm³/mol. The zero-order valence-corrected chi connectivity index (χ0v) is 13.4. The Bertz CT molecular complexity index is 837. The Labute approximate surface area is 143 Å². The molecule has 0 spiro atoms. The van der Waals surface area contributed by atoms with E-state index in [1.54, 1.807) is 29.3 Å². The average Bonchev–Trinajstić information content (AvgIpc) is 3.16. The fourth-order valence-electron chi connectivity index (χ4n) is 3.28. The van der Waals surface area contributed by atoms with Gasteiger partial charge in [-0.1, -0.05) is 12.1 Å². The van der Waals surface area contributed by atoms with E-state index in [4.69, 9.17) is 0 Å². The molecule has 0 atom stereocenters. The molecule has 2 aromatic rings. The minimum absolute atomic E-state index is 0.152. The summed E-state index contributed by atoms with van der Waals surface area (Å²) in [4.78, 5) is 41.8. The molecule has 6 nitrogen and oxygen atoms in total. The normalized spacial score (nSPS) is 18.0. The minimum atomic E-state index is -0.312. The highest BCUT2D eigenvalue weighted by Gasteiger charge is 2.43. The number of benzene rings is 1. The zero-order chi connectivity index (χ0) is 17.6. The second kappa shape index (κ2) is 5.84. The van der Waals surface area contributed by atoms with Gasteiger partial charge in [-0.3, -0.25) is 19.3 Å². The summed E-state index contributed by atoms with van der Waals surface area (Å²) in [6, 6.07) is 7.54. The van der Waals surface area contributed by atoms with Crippen LogP contribution in [0, 0.1) is 5.82 Å². The maximum atomic E-state index is 13.0. The van der Waals surface area contributed by atoms with E-state index in [0.29, 0.717) is 18.8 Å². The van der Waals surface area contributed by atoms with Gasteiger partial charge in [0.05, 0.1) is 6.04 Å². The highest BCUT2D eigenvalue weighted by atomic mass is 19.1. The van der Waals surface area contributed by atoms with Crippen molar-refractivity contribution in [1.82, 2.24) is 14.8 Å². The van der Waals surface area contributed by atoms with Crippen molar-refractivity contribution in [2.75, 3.05) is 13.1 Å². The SMILES string of the molecule is O=C(c1cc(-c2ccc(F)cc2)c[nH]1)N1CC(N2C(=O)CCC2=O)C1. The average molecular weight is 341 g/mol. The molecule has 2 aliphatic heterocycles. The number of amides is 3. The highest BCUT2D eigenvalue weighted by molar-refractivity contribution is 6.03. The van der Waals surface area contributed by atoms with E-state index in [-0.39, 0.29) is 42.4 Å². The first-order chi connectivity index (χ1) is 12.0. The van der Waals surface area contributed by atoms with Crippen LogP contribution in [0.4, 0.5) is 4.39 Å². The summed E-state index contributed by atoms with van der Waals surface area (Å²) in [7, 11) is 0. The number of halogens is 1. The van der Waals surface area contributed by atoms with Gasteiger partial charge in [0, 0.05) is 32.1 Å². The third kappa shape index (κ3) is 2.71. The lowest BCUT2D eigenvalue weighted by Crippen LogP contribution is -2.62. The molecule has 3 heterocycles. The first kappa shape index (κ1) is 15.6. The van der Waals surface area contributed by atoms with Crippen LogP contribution in [0.25, 0.3) is 11.1 Å². The molecule has 25 heavy (non-hydrogen) atoms. The number of aromatic nitrogens is 1. The summed E-state index contributed by atoms with van der Waals surface area (Å²) in [6.45, 7) is 0.725. The van der Waals surface area contributed by atoms with E-state index in [1.807, 2.05) is 0 Å². The number of hydrogen-bond donors (Lipinski definition) is 1. The van der Waals surface area contributed by atoms with Crippen LogP contribution in [0.15, 0.2) is 36.5 Å². The molecule has 2 saturated heterocycles. The fourth-order valence-corrected chi connectivity index (χ4v) is 3.28. The van der Waals surface area contributed by atoms with Gasteiger partial charge >= 0.3 is 0 Å². The van der Waals surface area contributed by atoms with Crippen LogP contribution < -0.4 is 0 Å². The molecule has 1 N–H and O–H groups in total. The molecule has 0 saturated carbocycles. The van der Waals surface area contributed by atoms with E-state index in [2.05, 4.69) is 4.98 Å². The summed E-state index contributed by atoms with van der Waals surface area (Å²) in [5, 5.41) is 0. The van der Waals surface area contributed by atoms with Crippen LogP contribution in [0.1, 0.15) is 23.3 Å². The first-order valence-electron chi connectivity index (χ1n) is 8.11. The van der Waals surface area contributed by atoms with E-state index in [9.17, 15) is 18.8 Å². The number of nitrogens with zero attached hydrogens (tertiary/aromatic N) is 2. The summed E-state index contributed by atoms with van der Waals surface area (Å²) in [5.41, 5.74) is 2.04. The molecule has 7 heteroatoms. The fraction of sp³-hybridized carbons (Fsp3) is 0.278. The van der Waals surface area contributed by atoms with Crippen LogP contribution in [0.3, 0.4) is 0 Å². The molecule has 1 aromatic heterocycles. The van der Waals surface area contributed by atoms with Crippen molar-refractivity contribution in [3.63, 3.8) is 0 Å². The Hall–Kier alpha value is -2.96. The Morgan fingerprint density at radius 2 is 1.68 bits per heavy atom. The van der Waals surface area contributed by atoms with Crippen LogP contribution in [0.2, 0.25) is 0 Å². The molecule has 3 amide bonds. The molecule has 2 fully saturated rings. The molecule has 2 aliphatic rings. The smallest absolute Gasteiger partial charge is 0.270 e. The van der Waals surface area contributed by atoms with Gasteiger partial charge in [0.1, 0.15) is 11.5 Å². The summed E-state index contributed by atoms with van der Waals surface area (Å²) in [5.74, 6) is -0.793. The Kier molecular flexibility index (Phi) is 3.63. The molecular formula is C18H16FN3O3. The van der Waals surface area contributed by atoms with Gasteiger partial charge in [-0.2, -0.15) is 0 Å². The number of carbonyl (C=O) groups excluding carboxylic acids is 3. The van der Waals surface area contributed by atoms with Crippen molar-refractivity contribution in [3.8, 4) is 11.1 Å². The lowest BCUT2D eigenvalue weighted by atomic mass is 10.1. The van der Waals surface area contributed by atoms with Gasteiger partial charge in [-0.25, -0.2) is 4.39 Å². The van der Waals surface area contributed by atoms with E-state index in [1.165, 1.54) is 17.0 Å². The number of imide groups is 1. The maximum absolute atomic E-state index is 13.0. The van der Waals surface area contributed by atoms with E-state index >= 15 is 0 Å². The van der Waals surface area contributed by atoms with Crippen LogP contribution in [0.5, 0.6) is 0 Å². The van der Waals surface area contributed by atoms with E-state index < -0.39 is 0 Å². The standard InChI is InChI=1S/C18H16FN3O3/c19-13-3-1-11(2-4-13)12-7-15(20-8-12)18(25)21-9-14(10-21)22-16(23)5-6-17(22)24/h1-4,7-8,14,20H,5-6,9-10H2. The maximum Gasteiger partial charge on any atom is 0.270 e. The molecule has 0 aliphatic carbocycles. The van der Waals surface area contributed by atoms with Gasteiger partial charge in [-0.05, 0) is 29.3 Å². The van der Waals surface area contributed by atoms with Crippen molar-refractivity contribution in [1.29, 1.82) is 0 Å². The molecule has 4 rings (SSSR count). The van der Waals surface area contributed by atoms with Crippen molar-refractivity contribution < 1.29 is 18.8 Å². The number of likely N-dealkylation sites (tertiary alicyclic amines) is 2.